The van der Waals surface area contributed by atoms with Crippen LogP contribution >= 0.6 is 11.8 Å². The van der Waals surface area contributed by atoms with E-state index >= 15 is 0 Å². The molecule has 4 rings (SSSR count). The van der Waals surface area contributed by atoms with E-state index < -0.39 is 6.10 Å². The normalized spacial score (nSPS) is 14.6. The minimum absolute atomic E-state index is 0.105. The molecule has 35 heavy (non-hydrogen) atoms. The third kappa shape index (κ3) is 5.83. The smallest absolute Gasteiger partial charge is 0.262 e. The zero-order chi connectivity index (χ0) is 24.8. The van der Waals surface area contributed by atoms with E-state index in [2.05, 4.69) is 15.6 Å². The third-order valence-corrected chi connectivity index (χ3v) is 6.44. The molecule has 1 atom stereocenters. The van der Waals surface area contributed by atoms with Crippen molar-refractivity contribution >= 4 is 40.9 Å². The molecule has 1 aliphatic heterocycles. The monoisotopic (exact) mass is 493 g/mol. The number of ether oxygens (including phenoxy) is 1. The number of hydrogen-bond donors (Lipinski definition) is 2. The summed E-state index contributed by atoms with van der Waals surface area (Å²) in [6, 6.07) is 13.9. The number of aromatic nitrogens is 2. The van der Waals surface area contributed by atoms with Crippen molar-refractivity contribution in [3.63, 3.8) is 0 Å². The van der Waals surface area contributed by atoms with E-state index in [1.165, 1.54) is 11.8 Å². The molecule has 2 aromatic carbocycles. The molecular formula is C25H27N5O4S. The molecule has 182 valence electrons. The van der Waals surface area contributed by atoms with Crippen LogP contribution in [0, 0.1) is 0 Å². The Labute approximate surface area is 207 Å². The Morgan fingerprint density at radius 2 is 1.91 bits per heavy atom. The average Bonchev–Trinajstić information content (AvgIpc) is 3.29. The molecule has 0 aliphatic carbocycles. The molecule has 10 heteroatoms. The van der Waals surface area contributed by atoms with Crippen molar-refractivity contribution in [2.75, 3.05) is 29.1 Å². The molecule has 3 amide bonds. The van der Waals surface area contributed by atoms with Crippen LogP contribution in [0.15, 0.2) is 66.1 Å². The van der Waals surface area contributed by atoms with Crippen molar-refractivity contribution < 1.29 is 19.1 Å². The lowest BCUT2D eigenvalue weighted by Crippen LogP contribution is -2.50. The third-order valence-electron chi connectivity index (χ3n) is 5.39. The second-order valence-electron chi connectivity index (χ2n) is 8.02. The molecule has 9 nitrogen and oxygen atoms in total. The Kier molecular flexibility index (Phi) is 7.71. The summed E-state index contributed by atoms with van der Waals surface area (Å²) in [5.41, 5.74) is 1.64. The first kappa shape index (κ1) is 24.3. The van der Waals surface area contributed by atoms with Crippen molar-refractivity contribution in [2.45, 2.75) is 24.6 Å². The number of hydrogen-bond acceptors (Lipinski definition) is 6. The fraction of sp³-hybridized carbons (Fsp3) is 0.280. The molecular weight excluding hydrogens is 466 g/mol. The Balaban J connectivity index is 1.43. The highest BCUT2D eigenvalue weighted by Gasteiger charge is 2.34. The number of amides is 3. The molecule has 0 bridgehead atoms. The Hall–Kier alpha value is -3.79. The molecule has 0 fully saturated rings. The van der Waals surface area contributed by atoms with Gasteiger partial charge in [0.05, 0.1) is 18.0 Å². The second kappa shape index (κ2) is 11.1. The summed E-state index contributed by atoms with van der Waals surface area (Å²) >= 11 is 1.34. The van der Waals surface area contributed by atoms with Gasteiger partial charge in [0, 0.05) is 37.2 Å². The van der Waals surface area contributed by atoms with Crippen LogP contribution in [-0.4, -0.2) is 52.2 Å². The number of aryl methyl sites for hydroxylation is 1. The first-order chi connectivity index (χ1) is 17.0. The fourth-order valence-corrected chi connectivity index (χ4v) is 4.33. The number of rotatable bonds is 8. The molecule has 0 saturated heterocycles. The molecule has 1 aromatic heterocycles. The summed E-state index contributed by atoms with van der Waals surface area (Å²) in [5, 5.41) is 6.42. The van der Waals surface area contributed by atoms with Crippen molar-refractivity contribution in [3.05, 3.63) is 66.5 Å². The van der Waals surface area contributed by atoms with E-state index in [-0.39, 0.29) is 30.0 Å². The Morgan fingerprint density at radius 1 is 1.14 bits per heavy atom. The second-order valence-corrected chi connectivity index (χ2v) is 8.96. The van der Waals surface area contributed by atoms with Crippen LogP contribution in [0.25, 0.3) is 0 Å². The van der Waals surface area contributed by atoms with Crippen molar-refractivity contribution in [2.24, 2.45) is 7.05 Å². The van der Waals surface area contributed by atoms with Crippen LogP contribution in [0.1, 0.15) is 23.7 Å². The van der Waals surface area contributed by atoms with Crippen LogP contribution in [0.2, 0.25) is 0 Å². The molecule has 1 aliphatic rings. The van der Waals surface area contributed by atoms with E-state index in [1.54, 1.807) is 53.6 Å². The van der Waals surface area contributed by atoms with Gasteiger partial charge in [-0.1, -0.05) is 30.8 Å². The number of anilines is 2. The van der Waals surface area contributed by atoms with Crippen LogP contribution < -0.4 is 20.3 Å². The molecule has 3 aromatic rings. The first-order valence-corrected chi connectivity index (χ1v) is 12.3. The molecule has 0 saturated carbocycles. The SMILES string of the molecule is CCCNC(=O)[C@H]1CN(C(=O)c2ccc(NC(=O)CSc3nccn3C)cc2)c2ccccc2O1. The Morgan fingerprint density at radius 3 is 2.63 bits per heavy atom. The summed E-state index contributed by atoms with van der Waals surface area (Å²) in [5.74, 6) is 0.0354. The van der Waals surface area contributed by atoms with Gasteiger partial charge in [-0.05, 0) is 42.8 Å². The highest BCUT2D eigenvalue weighted by atomic mass is 32.2. The fourth-order valence-electron chi connectivity index (χ4n) is 3.60. The predicted octanol–water partition coefficient (Wildman–Crippen LogP) is 3.08. The Bertz CT molecular complexity index is 1210. The van der Waals surface area contributed by atoms with E-state index in [4.69, 9.17) is 4.74 Å². The van der Waals surface area contributed by atoms with E-state index in [1.807, 2.05) is 30.8 Å². The first-order valence-electron chi connectivity index (χ1n) is 11.3. The molecule has 2 heterocycles. The van der Waals surface area contributed by atoms with Crippen LogP contribution in [0.5, 0.6) is 5.75 Å². The van der Waals surface area contributed by atoms with Gasteiger partial charge in [-0.25, -0.2) is 4.98 Å². The number of imidazole rings is 1. The molecule has 0 spiro atoms. The van der Waals surface area contributed by atoms with Gasteiger partial charge < -0.3 is 24.8 Å². The van der Waals surface area contributed by atoms with Gasteiger partial charge in [-0.15, -0.1) is 0 Å². The van der Waals surface area contributed by atoms with Gasteiger partial charge in [0.25, 0.3) is 11.8 Å². The number of para-hydroxylation sites is 2. The summed E-state index contributed by atoms with van der Waals surface area (Å²) in [4.78, 5) is 44.0. The maximum absolute atomic E-state index is 13.4. The minimum atomic E-state index is -0.796. The number of nitrogens with one attached hydrogen (secondary N) is 2. The average molecular weight is 494 g/mol. The summed E-state index contributed by atoms with van der Waals surface area (Å²) in [7, 11) is 1.87. The van der Waals surface area contributed by atoms with Crippen LogP contribution in [-0.2, 0) is 16.6 Å². The topological polar surface area (TPSA) is 106 Å². The number of benzene rings is 2. The van der Waals surface area contributed by atoms with Gasteiger partial charge in [0.15, 0.2) is 11.3 Å². The highest BCUT2D eigenvalue weighted by Crippen LogP contribution is 2.34. The van der Waals surface area contributed by atoms with Gasteiger partial charge in [-0.3, -0.25) is 14.4 Å². The van der Waals surface area contributed by atoms with Crippen molar-refractivity contribution in [3.8, 4) is 5.75 Å². The van der Waals surface area contributed by atoms with E-state index in [0.29, 0.717) is 29.2 Å². The van der Waals surface area contributed by atoms with Gasteiger partial charge >= 0.3 is 0 Å². The van der Waals surface area contributed by atoms with E-state index in [0.717, 1.165) is 11.6 Å². The molecule has 0 unspecified atom stereocenters. The molecule has 2 N–H and O–H groups in total. The van der Waals surface area contributed by atoms with Gasteiger partial charge in [0.1, 0.15) is 5.75 Å². The van der Waals surface area contributed by atoms with Crippen molar-refractivity contribution in [1.29, 1.82) is 0 Å². The quantitative estimate of drug-likeness (QED) is 0.467. The number of carbonyl (C=O) groups is 3. The van der Waals surface area contributed by atoms with E-state index in [9.17, 15) is 14.4 Å². The lowest BCUT2D eigenvalue weighted by molar-refractivity contribution is -0.127. The lowest BCUT2D eigenvalue weighted by atomic mass is 10.1. The summed E-state index contributed by atoms with van der Waals surface area (Å²) in [6.07, 6.45) is 3.52. The maximum Gasteiger partial charge on any atom is 0.262 e. The number of nitrogens with zero attached hydrogens (tertiary/aromatic N) is 3. The standard InChI is InChI=1S/C25H27N5O4S/c1-3-12-26-23(32)21-15-30(19-6-4-5-7-20(19)34-21)24(33)17-8-10-18(11-9-17)28-22(31)16-35-25-27-13-14-29(25)2/h4-11,13-14,21H,3,12,15-16H2,1-2H3,(H,26,32)(H,28,31)/t21-/m1/s1. The van der Waals surface area contributed by atoms with Crippen molar-refractivity contribution in [1.82, 2.24) is 14.9 Å². The molecule has 0 radical (unpaired) electrons. The zero-order valence-electron chi connectivity index (χ0n) is 19.6. The number of fused-ring (bicyclic) bond motifs is 1. The lowest BCUT2D eigenvalue weighted by Gasteiger charge is -2.34. The number of thioether (sulfide) groups is 1. The maximum atomic E-state index is 13.4. The zero-order valence-corrected chi connectivity index (χ0v) is 20.4. The van der Waals surface area contributed by atoms with Gasteiger partial charge in [0.2, 0.25) is 5.91 Å². The highest BCUT2D eigenvalue weighted by molar-refractivity contribution is 7.99. The van der Waals surface area contributed by atoms with Crippen LogP contribution in [0.3, 0.4) is 0 Å². The number of carbonyl (C=O) groups excluding carboxylic acids is 3. The summed E-state index contributed by atoms with van der Waals surface area (Å²) < 4.78 is 7.71. The largest absolute Gasteiger partial charge is 0.477 e. The van der Waals surface area contributed by atoms with Gasteiger partial charge in [-0.2, -0.15) is 0 Å². The predicted molar refractivity (Wildman–Crippen MR) is 135 cm³/mol. The minimum Gasteiger partial charge on any atom is -0.477 e. The van der Waals surface area contributed by atoms with Crippen LogP contribution in [0.4, 0.5) is 11.4 Å². The summed E-state index contributed by atoms with van der Waals surface area (Å²) in [6.45, 7) is 2.62.